The molecule has 4 aromatic carbocycles. The number of benzene rings is 4. The highest BCUT2D eigenvalue weighted by atomic mass is 32.1. The van der Waals surface area contributed by atoms with Crippen LogP contribution in [0.2, 0.25) is 0 Å². The summed E-state index contributed by atoms with van der Waals surface area (Å²) in [5, 5.41) is 15.1. The van der Waals surface area contributed by atoms with Gasteiger partial charge in [0.1, 0.15) is 30.2 Å². The molecular formula is C50H57N5O10S. The van der Waals surface area contributed by atoms with Crippen molar-refractivity contribution >= 4 is 35.1 Å². The lowest BCUT2D eigenvalue weighted by Crippen LogP contribution is -2.52. The van der Waals surface area contributed by atoms with Crippen molar-refractivity contribution in [3.05, 3.63) is 165 Å². The van der Waals surface area contributed by atoms with Crippen LogP contribution in [0.4, 0.5) is 4.79 Å². The van der Waals surface area contributed by atoms with E-state index in [9.17, 15) is 14.4 Å². The third-order valence-electron chi connectivity index (χ3n) is 11.3. The maximum Gasteiger partial charge on any atom is 0.407 e. The number of carbonyl (C=O) groups excluding carboxylic acids is 3. The number of nitrogens with zero attached hydrogens (tertiary/aromatic N) is 1. The first kappa shape index (κ1) is 48.0. The summed E-state index contributed by atoms with van der Waals surface area (Å²) in [4.78, 5) is 43.1. The molecule has 0 saturated carbocycles. The number of nitrogen functional groups attached to an aromatic ring is 1. The minimum atomic E-state index is -1.15. The lowest BCUT2D eigenvalue weighted by molar-refractivity contribution is -0.185. The number of carbonyl (C=O) groups is 3. The molecule has 16 heteroatoms. The zero-order valence-electron chi connectivity index (χ0n) is 36.9. The largest absolute Gasteiger partial charge is 0.439 e. The fraction of sp³-hybridized carbons (Fsp3) is 0.360. The summed E-state index contributed by atoms with van der Waals surface area (Å²) < 4.78 is 44.0. The Labute approximate surface area is 388 Å². The maximum absolute atomic E-state index is 13.8. The molecule has 7 rings (SSSR count). The molecule has 15 nitrogen and oxygen atoms in total. The number of amides is 3. The fourth-order valence-electron chi connectivity index (χ4n) is 7.78. The lowest BCUT2D eigenvalue weighted by atomic mass is 10.0. The first-order valence-electron chi connectivity index (χ1n) is 21.9. The second-order valence-electron chi connectivity index (χ2n) is 16.1. The number of hydrogen-bond acceptors (Lipinski definition) is 12. The van der Waals surface area contributed by atoms with E-state index >= 15 is 0 Å². The Balaban J connectivity index is 1.07. The normalized spacial score (nSPS) is 17.2. The van der Waals surface area contributed by atoms with Gasteiger partial charge in [-0.15, -0.1) is 11.3 Å². The highest BCUT2D eigenvalue weighted by Crippen LogP contribution is 2.35. The van der Waals surface area contributed by atoms with Crippen LogP contribution in [0.1, 0.15) is 46.0 Å². The molecule has 5 N–H and O–H groups in total. The van der Waals surface area contributed by atoms with E-state index in [1.54, 1.807) is 11.4 Å². The Morgan fingerprint density at radius 1 is 0.758 bits per heavy atom. The summed E-state index contributed by atoms with van der Waals surface area (Å²) in [6.07, 6.45) is -3.63. The predicted molar refractivity (Wildman–Crippen MR) is 247 cm³/mol. The van der Waals surface area contributed by atoms with Crippen molar-refractivity contribution in [2.75, 3.05) is 32.9 Å². The summed E-state index contributed by atoms with van der Waals surface area (Å²) in [6.45, 7) is 2.93. The average Bonchev–Trinajstić information content (AvgIpc) is 4.12. The van der Waals surface area contributed by atoms with Crippen LogP contribution in [0, 0.1) is 5.41 Å². The molecule has 0 aliphatic carbocycles. The molecule has 0 radical (unpaired) electrons. The Kier molecular flexibility index (Phi) is 17.4. The zero-order chi connectivity index (χ0) is 46.1. The second kappa shape index (κ2) is 24.0. The number of nitrogens with two attached hydrogens (primary N) is 1. The van der Waals surface area contributed by atoms with Crippen molar-refractivity contribution in [2.24, 2.45) is 5.73 Å². The third kappa shape index (κ3) is 13.8. The molecule has 2 aliphatic rings. The van der Waals surface area contributed by atoms with Gasteiger partial charge in [0, 0.05) is 28.8 Å². The van der Waals surface area contributed by atoms with Crippen molar-refractivity contribution in [3.8, 4) is 0 Å². The van der Waals surface area contributed by atoms with Gasteiger partial charge in [0.15, 0.2) is 12.4 Å². The number of likely N-dealkylation sites (tertiary alicyclic amines) is 1. The van der Waals surface area contributed by atoms with E-state index in [-0.39, 0.29) is 51.7 Å². The Bertz CT molecular complexity index is 2300. The molecule has 1 spiro atoms. The average molecular weight is 920 g/mol. The fourth-order valence-corrected chi connectivity index (χ4v) is 8.61. The Hall–Kier alpha value is -5.98. The van der Waals surface area contributed by atoms with Crippen LogP contribution in [-0.2, 0) is 75.7 Å². The number of ether oxygens (including phenoxy) is 7. The van der Waals surface area contributed by atoms with Crippen LogP contribution in [0.25, 0.3) is 0 Å². The van der Waals surface area contributed by atoms with Gasteiger partial charge in [-0.1, -0.05) is 121 Å². The number of hydrogen-bond donors (Lipinski definition) is 4. The summed E-state index contributed by atoms with van der Waals surface area (Å²) >= 11 is 1.36. The van der Waals surface area contributed by atoms with Gasteiger partial charge in [-0.25, -0.2) is 4.79 Å². The maximum atomic E-state index is 13.8. The molecule has 5 aromatic rings. The summed E-state index contributed by atoms with van der Waals surface area (Å²) in [5.41, 5.74) is 9.95. The summed E-state index contributed by atoms with van der Waals surface area (Å²) in [5.74, 6) is -2.24. The summed E-state index contributed by atoms with van der Waals surface area (Å²) in [6, 6.07) is 39.8. The molecule has 2 aliphatic heterocycles. The molecule has 2 fully saturated rings. The number of nitrogens with one attached hydrogen (secondary N) is 3. The van der Waals surface area contributed by atoms with Crippen LogP contribution in [0.15, 0.2) is 133 Å². The molecule has 1 aromatic heterocycles. The van der Waals surface area contributed by atoms with Gasteiger partial charge in [0.25, 0.3) is 5.91 Å². The predicted octanol–water partition coefficient (Wildman–Crippen LogP) is 6.08. The van der Waals surface area contributed by atoms with Gasteiger partial charge in [-0.3, -0.25) is 15.0 Å². The zero-order valence-corrected chi connectivity index (χ0v) is 37.7. The molecular weight excluding hydrogens is 863 g/mol. The van der Waals surface area contributed by atoms with Crippen molar-refractivity contribution in [3.63, 3.8) is 0 Å². The van der Waals surface area contributed by atoms with E-state index < -0.39 is 60.8 Å². The van der Waals surface area contributed by atoms with Crippen LogP contribution in [0.3, 0.4) is 0 Å². The van der Waals surface area contributed by atoms with Crippen molar-refractivity contribution in [1.82, 2.24) is 15.5 Å². The molecule has 66 heavy (non-hydrogen) atoms. The Morgan fingerprint density at radius 3 is 1.80 bits per heavy atom. The van der Waals surface area contributed by atoms with E-state index in [1.165, 1.54) is 16.2 Å². The molecule has 5 atom stereocenters. The van der Waals surface area contributed by atoms with Gasteiger partial charge >= 0.3 is 6.09 Å². The van der Waals surface area contributed by atoms with Gasteiger partial charge in [0.2, 0.25) is 5.91 Å². The minimum Gasteiger partial charge on any atom is -0.439 e. The molecule has 3 amide bonds. The minimum absolute atomic E-state index is 0.0207. The number of thiophene rings is 1. The highest BCUT2D eigenvalue weighted by Gasteiger charge is 2.52. The number of alkyl carbamates (subject to hydrolysis) is 1. The quantitative estimate of drug-likeness (QED) is 0.0439. The summed E-state index contributed by atoms with van der Waals surface area (Å²) in [7, 11) is 0. The second-order valence-corrected chi connectivity index (χ2v) is 17.1. The van der Waals surface area contributed by atoms with Crippen LogP contribution in [0.5, 0.6) is 0 Å². The molecule has 4 unspecified atom stereocenters. The van der Waals surface area contributed by atoms with Gasteiger partial charge in [-0.05, 0) is 35.2 Å². The van der Waals surface area contributed by atoms with E-state index in [4.69, 9.17) is 44.3 Å². The van der Waals surface area contributed by atoms with E-state index in [2.05, 4.69) is 10.6 Å². The number of rotatable bonds is 23. The topological polar surface area (TPSA) is 193 Å². The van der Waals surface area contributed by atoms with Crippen molar-refractivity contribution in [2.45, 2.75) is 82.6 Å². The first-order chi connectivity index (χ1) is 32.1. The van der Waals surface area contributed by atoms with Crippen LogP contribution >= 0.6 is 11.3 Å². The highest BCUT2D eigenvalue weighted by molar-refractivity contribution is 7.10. The van der Waals surface area contributed by atoms with Gasteiger partial charge in [0.05, 0.1) is 58.8 Å². The van der Waals surface area contributed by atoms with E-state index in [0.29, 0.717) is 25.4 Å². The van der Waals surface area contributed by atoms with E-state index in [1.807, 2.05) is 128 Å². The van der Waals surface area contributed by atoms with Gasteiger partial charge in [-0.2, -0.15) is 0 Å². The van der Waals surface area contributed by atoms with Crippen molar-refractivity contribution < 1.29 is 47.5 Å². The lowest BCUT2D eigenvalue weighted by Gasteiger charge is -2.36. The standard InChI is InChI=1S/C50H57N5O10S/c1-35(59-28-36-14-6-2-7-15-36)45(61-30-38-18-10-4-11-19-38)46(62-31-39-20-12-5-13-21-39)43(60-29-37-16-8-3-9-17-37)27-54-49(58)63-32-44(56)55-34-50(64-22-23-65-50)25-42(55)48(57)53-26-41-24-40(33-66-41)47(51)52/h2-21,24,33,35,42-43,45-46H,22-23,25-32,34H2,1H3,(H3,51,52)(H,53,57)(H,54,58)/t35?,42-,43?,45?,46?/m0/s1. The molecule has 3 heterocycles. The SMILES string of the molecule is CC(OCc1ccccc1)C(OCc1ccccc1)C(OCc1ccccc1)C(CNC(=O)OCC(=O)N1CC2(C[C@H]1C(=O)NCc1cc(C(=N)N)cs1)OCCO2)OCc1ccccc1. The molecule has 2 saturated heterocycles. The van der Waals surface area contributed by atoms with Crippen molar-refractivity contribution in [1.29, 1.82) is 5.41 Å². The monoisotopic (exact) mass is 919 g/mol. The number of amidine groups is 1. The van der Waals surface area contributed by atoms with Gasteiger partial charge < -0.3 is 54.4 Å². The molecule has 0 bridgehead atoms. The van der Waals surface area contributed by atoms with E-state index in [0.717, 1.165) is 27.1 Å². The molecule has 348 valence electrons. The van der Waals surface area contributed by atoms with Crippen LogP contribution in [-0.4, -0.2) is 97.8 Å². The smallest absolute Gasteiger partial charge is 0.407 e. The third-order valence-corrected chi connectivity index (χ3v) is 12.2. The van der Waals surface area contributed by atoms with Crippen LogP contribution < -0.4 is 16.4 Å². The first-order valence-corrected chi connectivity index (χ1v) is 22.8. The Morgan fingerprint density at radius 2 is 1.27 bits per heavy atom.